The summed E-state index contributed by atoms with van der Waals surface area (Å²) in [6.45, 7) is 5.78. The molecule has 2 nitrogen and oxygen atoms in total. The molecule has 2 aromatic rings. The van der Waals surface area contributed by atoms with Crippen LogP contribution >= 0.6 is 0 Å². The maximum absolute atomic E-state index is 5.90. The third-order valence-electron chi connectivity index (χ3n) is 3.79. The molecule has 0 radical (unpaired) electrons. The van der Waals surface area contributed by atoms with Crippen molar-refractivity contribution in [2.45, 2.75) is 26.4 Å². The number of ether oxygens (including phenoxy) is 1. The summed E-state index contributed by atoms with van der Waals surface area (Å²) >= 11 is 0. The Morgan fingerprint density at radius 3 is 2.75 bits per heavy atom. The number of fused-ring (bicyclic) bond motifs is 1. The van der Waals surface area contributed by atoms with E-state index in [0.29, 0.717) is 12.5 Å². The topological polar surface area (TPSA) is 21.6 Å². The molecule has 3 rings (SSSR count). The van der Waals surface area contributed by atoms with Crippen LogP contribution in [0.4, 0.5) is 0 Å². The Morgan fingerprint density at radius 2 is 1.95 bits per heavy atom. The molecule has 0 spiro atoms. The van der Waals surface area contributed by atoms with E-state index in [-0.39, 0.29) is 0 Å². The molecular formula is C18H19NO. The van der Waals surface area contributed by atoms with E-state index in [0.717, 1.165) is 18.0 Å². The van der Waals surface area contributed by atoms with Crippen molar-refractivity contribution < 1.29 is 4.74 Å². The second-order valence-corrected chi connectivity index (χ2v) is 5.35. The molecule has 0 amide bonds. The van der Waals surface area contributed by atoms with Crippen LogP contribution < -0.4 is 4.74 Å². The van der Waals surface area contributed by atoms with Crippen molar-refractivity contribution in [2.75, 3.05) is 6.54 Å². The molecule has 2 heteroatoms. The monoisotopic (exact) mass is 265 g/mol. The van der Waals surface area contributed by atoms with Crippen molar-refractivity contribution in [1.82, 2.24) is 0 Å². The third-order valence-corrected chi connectivity index (χ3v) is 3.79. The molecule has 1 aliphatic rings. The first-order chi connectivity index (χ1) is 9.74. The van der Waals surface area contributed by atoms with E-state index < -0.39 is 0 Å². The van der Waals surface area contributed by atoms with Crippen molar-refractivity contribution in [2.24, 2.45) is 4.99 Å². The Balaban J connectivity index is 1.79. The Morgan fingerprint density at radius 1 is 1.15 bits per heavy atom. The van der Waals surface area contributed by atoms with Crippen LogP contribution in [0.3, 0.4) is 0 Å². The zero-order valence-corrected chi connectivity index (χ0v) is 12.0. The van der Waals surface area contributed by atoms with E-state index in [2.05, 4.69) is 43.1 Å². The predicted octanol–water partition coefficient (Wildman–Crippen LogP) is 4.19. The average molecular weight is 265 g/mol. The molecule has 0 aromatic heterocycles. The highest BCUT2D eigenvalue weighted by atomic mass is 16.5. The minimum Gasteiger partial charge on any atom is -0.489 e. The van der Waals surface area contributed by atoms with Gasteiger partial charge in [0.1, 0.15) is 12.4 Å². The lowest BCUT2D eigenvalue weighted by Crippen LogP contribution is -2.13. The van der Waals surface area contributed by atoms with Gasteiger partial charge in [-0.15, -0.1) is 0 Å². The second-order valence-electron chi connectivity index (χ2n) is 5.35. The van der Waals surface area contributed by atoms with Gasteiger partial charge in [-0.3, -0.25) is 4.99 Å². The van der Waals surface area contributed by atoms with Crippen LogP contribution in [0.15, 0.2) is 53.5 Å². The van der Waals surface area contributed by atoms with Gasteiger partial charge in [-0.2, -0.15) is 0 Å². The first-order valence-electron chi connectivity index (χ1n) is 7.06. The van der Waals surface area contributed by atoms with E-state index >= 15 is 0 Å². The Hall–Kier alpha value is -2.09. The fourth-order valence-electron chi connectivity index (χ4n) is 2.57. The van der Waals surface area contributed by atoms with Crippen molar-refractivity contribution in [3.05, 3.63) is 65.2 Å². The average Bonchev–Trinajstić information content (AvgIpc) is 2.50. The second kappa shape index (κ2) is 5.49. The molecule has 0 bridgehead atoms. The minimum atomic E-state index is 0.467. The van der Waals surface area contributed by atoms with Crippen molar-refractivity contribution in [1.29, 1.82) is 0 Å². The van der Waals surface area contributed by atoms with Gasteiger partial charge in [0.2, 0.25) is 0 Å². The molecule has 2 aromatic carbocycles. The summed E-state index contributed by atoms with van der Waals surface area (Å²) in [5, 5.41) is 0. The summed E-state index contributed by atoms with van der Waals surface area (Å²) in [6, 6.07) is 16.6. The molecule has 0 fully saturated rings. The number of benzene rings is 2. The zero-order valence-electron chi connectivity index (χ0n) is 12.0. The smallest absolute Gasteiger partial charge is 0.120 e. The van der Waals surface area contributed by atoms with Crippen molar-refractivity contribution in [3.8, 4) is 5.75 Å². The van der Waals surface area contributed by atoms with Crippen LogP contribution in [0.25, 0.3) is 0 Å². The number of hydrogen-bond acceptors (Lipinski definition) is 2. The molecule has 0 saturated carbocycles. The zero-order chi connectivity index (χ0) is 13.9. The number of rotatable bonds is 3. The van der Waals surface area contributed by atoms with Gasteiger partial charge in [0.05, 0.1) is 0 Å². The van der Waals surface area contributed by atoms with Crippen LogP contribution in [-0.4, -0.2) is 12.3 Å². The highest BCUT2D eigenvalue weighted by Gasteiger charge is 2.17. The van der Waals surface area contributed by atoms with Crippen molar-refractivity contribution in [3.63, 3.8) is 0 Å². The van der Waals surface area contributed by atoms with E-state index in [1.807, 2.05) is 24.3 Å². The van der Waals surface area contributed by atoms with Gasteiger partial charge in [-0.1, -0.05) is 37.3 Å². The van der Waals surface area contributed by atoms with Crippen LogP contribution in [0.1, 0.15) is 36.5 Å². The largest absolute Gasteiger partial charge is 0.489 e. The lowest BCUT2D eigenvalue weighted by Gasteiger charge is -2.21. The Bertz CT molecular complexity index is 631. The van der Waals surface area contributed by atoms with Gasteiger partial charge in [0.15, 0.2) is 0 Å². The van der Waals surface area contributed by atoms with Gasteiger partial charge < -0.3 is 4.74 Å². The SMILES string of the molecule is CC1=NCC(C)c2cc(OCc3ccccc3)ccc21. The lowest BCUT2D eigenvalue weighted by molar-refractivity contribution is 0.305. The quantitative estimate of drug-likeness (QED) is 0.815. The Labute approximate surface area is 120 Å². The highest BCUT2D eigenvalue weighted by molar-refractivity contribution is 6.01. The first-order valence-corrected chi connectivity index (χ1v) is 7.06. The summed E-state index contributed by atoms with van der Waals surface area (Å²) in [7, 11) is 0. The fraction of sp³-hybridized carbons (Fsp3) is 0.278. The van der Waals surface area contributed by atoms with Gasteiger partial charge in [-0.25, -0.2) is 0 Å². The first kappa shape index (κ1) is 12.9. The molecule has 0 N–H and O–H groups in total. The predicted molar refractivity (Wildman–Crippen MR) is 82.7 cm³/mol. The molecule has 1 unspecified atom stereocenters. The van der Waals surface area contributed by atoms with Crippen LogP contribution in [0, 0.1) is 0 Å². The summed E-state index contributed by atoms with van der Waals surface area (Å²) < 4.78 is 5.90. The van der Waals surface area contributed by atoms with Crippen molar-refractivity contribution >= 4 is 5.71 Å². The molecule has 1 heterocycles. The van der Waals surface area contributed by atoms with Gasteiger partial charge >= 0.3 is 0 Å². The fourth-order valence-corrected chi connectivity index (χ4v) is 2.57. The Kier molecular flexibility index (Phi) is 3.55. The van der Waals surface area contributed by atoms with E-state index in [9.17, 15) is 0 Å². The number of aliphatic imine (C=N–C) groups is 1. The lowest BCUT2D eigenvalue weighted by atomic mass is 9.91. The summed E-state index contributed by atoms with van der Waals surface area (Å²) in [5.74, 6) is 1.41. The highest BCUT2D eigenvalue weighted by Crippen LogP contribution is 2.29. The maximum atomic E-state index is 5.90. The number of hydrogen-bond donors (Lipinski definition) is 0. The molecular weight excluding hydrogens is 246 g/mol. The molecule has 0 aliphatic carbocycles. The van der Waals surface area contributed by atoms with E-state index in [1.54, 1.807) is 0 Å². The summed E-state index contributed by atoms with van der Waals surface area (Å²) in [5.41, 5.74) is 4.93. The summed E-state index contributed by atoms with van der Waals surface area (Å²) in [6.07, 6.45) is 0. The maximum Gasteiger partial charge on any atom is 0.120 e. The molecule has 1 atom stereocenters. The third kappa shape index (κ3) is 2.60. The van der Waals surface area contributed by atoms with E-state index in [1.165, 1.54) is 16.7 Å². The van der Waals surface area contributed by atoms with Crippen LogP contribution in [0.2, 0.25) is 0 Å². The standard InChI is InChI=1S/C18H19NO/c1-13-11-19-14(2)17-9-8-16(10-18(13)17)20-12-15-6-4-3-5-7-15/h3-10,13H,11-12H2,1-2H3. The van der Waals surface area contributed by atoms with Gasteiger partial charge in [-0.05, 0) is 41.8 Å². The minimum absolute atomic E-state index is 0.467. The molecule has 20 heavy (non-hydrogen) atoms. The van der Waals surface area contributed by atoms with E-state index in [4.69, 9.17) is 4.74 Å². The molecule has 0 saturated heterocycles. The normalized spacial score (nSPS) is 17.3. The summed E-state index contributed by atoms with van der Waals surface area (Å²) in [4.78, 5) is 4.55. The van der Waals surface area contributed by atoms with Crippen LogP contribution in [0.5, 0.6) is 5.75 Å². The van der Waals surface area contributed by atoms with Gasteiger partial charge in [0, 0.05) is 18.2 Å². The number of nitrogens with zero attached hydrogens (tertiary/aromatic N) is 1. The van der Waals surface area contributed by atoms with Crippen LogP contribution in [-0.2, 0) is 6.61 Å². The van der Waals surface area contributed by atoms with Gasteiger partial charge in [0.25, 0.3) is 0 Å². The molecule has 102 valence electrons. The molecule has 1 aliphatic heterocycles.